The standard InChI is InChI=1S/C7H16O4.C7H6O/c1-9-4-5-11-7-6-10-3-2-8;8-6-7-4-2-1-3-5-7/h8H,2-7H2,1H3;1-6H. The van der Waals surface area contributed by atoms with Gasteiger partial charge in [-0.05, 0) is 0 Å². The van der Waals surface area contributed by atoms with Crippen LogP contribution in [0.1, 0.15) is 10.4 Å². The number of ether oxygens (including phenoxy) is 3. The number of benzene rings is 1. The third-order valence-corrected chi connectivity index (χ3v) is 1.98. The fourth-order valence-corrected chi connectivity index (χ4v) is 1.06. The molecule has 0 heterocycles. The molecule has 1 rings (SSSR count). The van der Waals surface area contributed by atoms with Crippen LogP contribution in [0.3, 0.4) is 0 Å². The Labute approximate surface area is 114 Å². The highest BCUT2D eigenvalue weighted by Crippen LogP contribution is 1.91. The summed E-state index contributed by atoms with van der Waals surface area (Å²) >= 11 is 0. The number of aldehydes is 1. The molecule has 19 heavy (non-hydrogen) atoms. The fourth-order valence-electron chi connectivity index (χ4n) is 1.06. The Balaban J connectivity index is 0.000000356. The van der Waals surface area contributed by atoms with Gasteiger partial charge in [-0.2, -0.15) is 0 Å². The molecule has 0 amide bonds. The van der Waals surface area contributed by atoms with Gasteiger partial charge in [0.2, 0.25) is 0 Å². The van der Waals surface area contributed by atoms with Crippen molar-refractivity contribution in [3.63, 3.8) is 0 Å². The van der Waals surface area contributed by atoms with E-state index >= 15 is 0 Å². The first-order valence-electron chi connectivity index (χ1n) is 6.10. The van der Waals surface area contributed by atoms with Crippen LogP contribution in [0, 0.1) is 0 Å². The number of hydrogen-bond acceptors (Lipinski definition) is 5. The Morgan fingerprint density at radius 3 is 2.05 bits per heavy atom. The number of carbonyl (C=O) groups excluding carboxylic acids is 1. The lowest BCUT2D eigenvalue weighted by atomic mass is 10.2. The van der Waals surface area contributed by atoms with E-state index in [1.165, 1.54) is 0 Å². The molecule has 5 nitrogen and oxygen atoms in total. The van der Waals surface area contributed by atoms with Gasteiger partial charge in [0.05, 0.1) is 39.6 Å². The molecule has 0 saturated carbocycles. The number of aliphatic hydroxyl groups excluding tert-OH is 1. The summed E-state index contributed by atoms with van der Waals surface area (Å²) in [4.78, 5) is 10.0. The van der Waals surface area contributed by atoms with Gasteiger partial charge in [-0.15, -0.1) is 0 Å². The molecule has 1 N–H and O–H groups in total. The van der Waals surface area contributed by atoms with E-state index in [1.54, 1.807) is 19.2 Å². The van der Waals surface area contributed by atoms with Crippen LogP contribution in [0.5, 0.6) is 0 Å². The molecule has 0 aliphatic rings. The highest BCUT2D eigenvalue weighted by atomic mass is 16.5. The molecule has 0 spiro atoms. The second-order valence-corrected chi connectivity index (χ2v) is 3.47. The van der Waals surface area contributed by atoms with E-state index in [0.29, 0.717) is 33.0 Å². The number of aliphatic hydroxyl groups is 1. The normalized spacial score (nSPS) is 9.58. The monoisotopic (exact) mass is 270 g/mol. The molecular formula is C14H22O5. The first-order chi connectivity index (χ1) is 9.35. The predicted octanol–water partition coefficient (Wildman–Crippen LogP) is 1.16. The minimum atomic E-state index is 0.0675. The van der Waals surface area contributed by atoms with E-state index in [4.69, 9.17) is 19.3 Å². The molecule has 0 aliphatic heterocycles. The summed E-state index contributed by atoms with van der Waals surface area (Å²) in [5.74, 6) is 0. The Bertz CT molecular complexity index is 281. The summed E-state index contributed by atoms with van der Waals surface area (Å²) in [5.41, 5.74) is 0.729. The van der Waals surface area contributed by atoms with Gasteiger partial charge < -0.3 is 19.3 Å². The zero-order valence-electron chi connectivity index (χ0n) is 11.3. The molecule has 0 radical (unpaired) electrons. The van der Waals surface area contributed by atoms with Crippen LogP contribution >= 0.6 is 0 Å². The van der Waals surface area contributed by atoms with Crippen molar-refractivity contribution in [3.05, 3.63) is 35.9 Å². The number of carbonyl (C=O) groups is 1. The summed E-state index contributed by atoms with van der Waals surface area (Å²) in [6.07, 6.45) is 0.833. The first-order valence-corrected chi connectivity index (χ1v) is 6.10. The maximum Gasteiger partial charge on any atom is 0.150 e. The maximum absolute atomic E-state index is 10.0. The van der Waals surface area contributed by atoms with Crippen molar-refractivity contribution in [2.45, 2.75) is 0 Å². The quantitative estimate of drug-likeness (QED) is 0.539. The molecular weight excluding hydrogens is 248 g/mol. The summed E-state index contributed by atoms with van der Waals surface area (Å²) in [5, 5.41) is 8.32. The summed E-state index contributed by atoms with van der Waals surface area (Å²) in [6, 6.07) is 9.10. The second kappa shape index (κ2) is 14.8. The third kappa shape index (κ3) is 13.0. The minimum absolute atomic E-state index is 0.0675. The van der Waals surface area contributed by atoms with Crippen LogP contribution in [0.2, 0.25) is 0 Å². The largest absolute Gasteiger partial charge is 0.394 e. The second-order valence-electron chi connectivity index (χ2n) is 3.47. The van der Waals surface area contributed by atoms with E-state index in [2.05, 4.69) is 0 Å². The number of methoxy groups -OCH3 is 1. The zero-order valence-corrected chi connectivity index (χ0v) is 11.3. The average molecular weight is 270 g/mol. The van der Waals surface area contributed by atoms with Gasteiger partial charge >= 0.3 is 0 Å². The molecule has 0 aliphatic carbocycles. The topological polar surface area (TPSA) is 65.0 Å². The van der Waals surface area contributed by atoms with Crippen LogP contribution in [-0.4, -0.2) is 58.1 Å². The van der Waals surface area contributed by atoms with Crippen molar-refractivity contribution in [1.29, 1.82) is 0 Å². The van der Waals surface area contributed by atoms with Gasteiger partial charge in [0.15, 0.2) is 0 Å². The van der Waals surface area contributed by atoms with Crippen molar-refractivity contribution < 1.29 is 24.1 Å². The van der Waals surface area contributed by atoms with Crippen molar-refractivity contribution >= 4 is 6.29 Å². The van der Waals surface area contributed by atoms with Crippen molar-refractivity contribution in [3.8, 4) is 0 Å². The van der Waals surface area contributed by atoms with Crippen LogP contribution in [0.25, 0.3) is 0 Å². The Kier molecular flexibility index (Phi) is 13.8. The fraction of sp³-hybridized carbons (Fsp3) is 0.500. The summed E-state index contributed by atoms with van der Waals surface area (Å²) in [6.45, 7) is 2.75. The van der Waals surface area contributed by atoms with E-state index < -0.39 is 0 Å². The van der Waals surface area contributed by atoms with Crippen LogP contribution in [0.15, 0.2) is 30.3 Å². The predicted molar refractivity (Wildman–Crippen MR) is 72.4 cm³/mol. The minimum Gasteiger partial charge on any atom is -0.394 e. The molecule has 5 heteroatoms. The van der Waals surface area contributed by atoms with Crippen molar-refractivity contribution in [1.82, 2.24) is 0 Å². The van der Waals surface area contributed by atoms with E-state index in [0.717, 1.165) is 11.8 Å². The lowest BCUT2D eigenvalue weighted by Crippen LogP contribution is -2.09. The number of rotatable bonds is 9. The molecule has 0 bridgehead atoms. The molecule has 0 saturated heterocycles. The average Bonchev–Trinajstić information content (AvgIpc) is 2.48. The lowest BCUT2D eigenvalue weighted by molar-refractivity contribution is 0.0159. The van der Waals surface area contributed by atoms with E-state index in [-0.39, 0.29) is 6.61 Å². The molecule has 0 fully saturated rings. The lowest BCUT2D eigenvalue weighted by Gasteiger charge is -2.03. The third-order valence-electron chi connectivity index (χ3n) is 1.98. The highest BCUT2D eigenvalue weighted by Gasteiger charge is 1.87. The van der Waals surface area contributed by atoms with Crippen LogP contribution in [0.4, 0.5) is 0 Å². The van der Waals surface area contributed by atoms with Gasteiger partial charge in [0.1, 0.15) is 6.29 Å². The van der Waals surface area contributed by atoms with Gasteiger partial charge in [-0.25, -0.2) is 0 Å². The van der Waals surface area contributed by atoms with Crippen molar-refractivity contribution in [2.75, 3.05) is 46.8 Å². The summed E-state index contributed by atoms with van der Waals surface area (Å²) in [7, 11) is 1.63. The molecule has 0 unspecified atom stereocenters. The first kappa shape index (κ1) is 17.7. The Morgan fingerprint density at radius 1 is 1.00 bits per heavy atom. The van der Waals surface area contributed by atoms with Gasteiger partial charge in [-0.3, -0.25) is 4.79 Å². The van der Waals surface area contributed by atoms with Crippen molar-refractivity contribution in [2.24, 2.45) is 0 Å². The molecule has 0 atom stereocenters. The zero-order chi connectivity index (χ0) is 14.2. The highest BCUT2D eigenvalue weighted by molar-refractivity contribution is 5.74. The molecule has 108 valence electrons. The van der Waals surface area contributed by atoms with Crippen LogP contribution < -0.4 is 0 Å². The van der Waals surface area contributed by atoms with Crippen LogP contribution in [-0.2, 0) is 14.2 Å². The Hall–Kier alpha value is -1.27. The van der Waals surface area contributed by atoms with E-state index in [9.17, 15) is 4.79 Å². The van der Waals surface area contributed by atoms with Gasteiger partial charge in [0, 0.05) is 12.7 Å². The maximum atomic E-state index is 10.0. The van der Waals surface area contributed by atoms with Gasteiger partial charge in [0.25, 0.3) is 0 Å². The summed E-state index contributed by atoms with van der Waals surface area (Å²) < 4.78 is 14.8. The molecule has 1 aromatic rings. The van der Waals surface area contributed by atoms with E-state index in [1.807, 2.05) is 18.2 Å². The molecule has 1 aromatic carbocycles. The smallest absolute Gasteiger partial charge is 0.150 e. The molecule has 0 aromatic heterocycles. The Morgan fingerprint density at radius 2 is 1.58 bits per heavy atom. The number of hydrogen-bond donors (Lipinski definition) is 1. The SMILES string of the molecule is COCCOCCOCCO.O=Cc1ccccc1. The van der Waals surface area contributed by atoms with Gasteiger partial charge in [-0.1, -0.05) is 30.3 Å².